The highest BCUT2D eigenvalue weighted by atomic mass is 19.2. The predicted molar refractivity (Wildman–Crippen MR) is 69.0 cm³/mol. The second-order valence-electron chi connectivity index (χ2n) is 4.83. The van der Waals surface area contributed by atoms with Crippen molar-refractivity contribution in [3.05, 3.63) is 41.8 Å². The minimum absolute atomic E-state index is 0.0155. The van der Waals surface area contributed by atoms with E-state index in [0.717, 1.165) is 12.1 Å². The summed E-state index contributed by atoms with van der Waals surface area (Å²) in [5.74, 6) is -2.16. The van der Waals surface area contributed by atoms with Crippen molar-refractivity contribution in [2.75, 3.05) is 11.4 Å². The Hall–Kier alpha value is -2.44. The number of amides is 1. The maximum Gasteiger partial charge on any atom is 0.233 e. The number of hydrogen-bond donors (Lipinski definition) is 0. The largest absolute Gasteiger partial charge is 0.487 e. The predicted octanol–water partition coefficient (Wildman–Crippen LogP) is 2.31. The van der Waals surface area contributed by atoms with Gasteiger partial charge in [-0.15, -0.1) is 0 Å². The molecule has 110 valence electrons. The first-order valence-corrected chi connectivity index (χ1v) is 6.40. The number of anilines is 1. The van der Waals surface area contributed by atoms with Crippen molar-refractivity contribution in [3.8, 4) is 5.75 Å². The average molecular weight is 294 g/mol. The second kappa shape index (κ2) is 5.16. The van der Waals surface area contributed by atoms with Crippen molar-refractivity contribution in [2.45, 2.75) is 19.4 Å². The Labute approximate surface area is 119 Å². The molecule has 0 spiro atoms. The molecule has 0 N–H and O–H groups in total. The first-order valence-electron chi connectivity index (χ1n) is 6.40. The zero-order valence-corrected chi connectivity index (χ0v) is 11.2. The summed E-state index contributed by atoms with van der Waals surface area (Å²) in [6, 6.07) is 3.50. The summed E-state index contributed by atoms with van der Waals surface area (Å²) in [6.45, 7) is 2.01. The van der Waals surface area contributed by atoms with Crippen LogP contribution in [0.4, 0.5) is 14.5 Å². The molecule has 0 saturated heterocycles. The highest BCUT2D eigenvalue weighted by molar-refractivity contribution is 5.96. The number of carbonyl (C=O) groups is 1. The van der Waals surface area contributed by atoms with E-state index in [2.05, 4.69) is 9.68 Å². The van der Waals surface area contributed by atoms with E-state index in [9.17, 15) is 13.6 Å². The Kier molecular flexibility index (Phi) is 3.32. The van der Waals surface area contributed by atoms with E-state index in [4.69, 9.17) is 4.74 Å². The van der Waals surface area contributed by atoms with Crippen LogP contribution in [0.2, 0.25) is 0 Å². The molecule has 0 bridgehead atoms. The van der Waals surface area contributed by atoms with Gasteiger partial charge in [0, 0.05) is 18.2 Å². The third kappa shape index (κ3) is 2.58. The number of rotatable bonds is 2. The minimum Gasteiger partial charge on any atom is -0.487 e. The van der Waals surface area contributed by atoms with Gasteiger partial charge in [0.05, 0.1) is 24.3 Å². The molecular weight excluding hydrogens is 282 g/mol. The topological polar surface area (TPSA) is 55.6 Å². The van der Waals surface area contributed by atoms with Crippen LogP contribution in [0.5, 0.6) is 5.75 Å². The SMILES string of the molecule is CC1CN(C(=O)Cc2ccon2)c2cc(F)c(F)cc2O1. The summed E-state index contributed by atoms with van der Waals surface area (Å²) in [5, 5.41) is 3.67. The second-order valence-corrected chi connectivity index (χ2v) is 4.83. The standard InChI is InChI=1S/C14H12F2N2O3/c1-8-7-18(14(19)4-9-2-3-20-17-9)12-5-10(15)11(16)6-13(12)21-8/h2-3,5-6,8H,4,7H2,1H3. The van der Waals surface area contributed by atoms with Gasteiger partial charge in [-0.2, -0.15) is 0 Å². The van der Waals surface area contributed by atoms with E-state index in [-0.39, 0.29) is 36.4 Å². The smallest absolute Gasteiger partial charge is 0.233 e. The van der Waals surface area contributed by atoms with Gasteiger partial charge in [-0.05, 0) is 6.92 Å². The van der Waals surface area contributed by atoms with Crippen LogP contribution in [0.25, 0.3) is 0 Å². The molecule has 2 aromatic rings. The lowest BCUT2D eigenvalue weighted by atomic mass is 10.1. The third-order valence-corrected chi connectivity index (χ3v) is 3.19. The van der Waals surface area contributed by atoms with Gasteiger partial charge in [0.2, 0.25) is 5.91 Å². The van der Waals surface area contributed by atoms with E-state index in [1.54, 1.807) is 13.0 Å². The van der Waals surface area contributed by atoms with Crippen LogP contribution in [0.3, 0.4) is 0 Å². The van der Waals surface area contributed by atoms with Gasteiger partial charge in [-0.25, -0.2) is 8.78 Å². The molecule has 1 aliphatic heterocycles. The van der Waals surface area contributed by atoms with E-state index in [0.29, 0.717) is 5.69 Å². The van der Waals surface area contributed by atoms with Gasteiger partial charge in [-0.3, -0.25) is 4.79 Å². The van der Waals surface area contributed by atoms with Gasteiger partial charge in [0.25, 0.3) is 0 Å². The molecule has 1 amide bonds. The normalized spacial score (nSPS) is 17.3. The molecule has 21 heavy (non-hydrogen) atoms. The molecule has 1 unspecified atom stereocenters. The number of carbonyl (C=O) groups excluding carboxylic acids is 1. The molecule has 2 heterocycles. The molecule has 0 saturated carbocycles. The Bertz CT molecular complexity index is 673. The molecule has 0 aliphatic carbocycles. The number of hydrogen-bond acceptors (Lipinski definition) is 4. The molecule has 0 fully saturated rings. The zero-order valence-electron chi connectivity index (χ0n) is 11.2. The Morgan fingerprint density at radius 3 is 2.90 bits per heavy atom. The fraction of sp³-hybridized carbons (Fsp3) is 0.286. The van der Waals surface area contributed by atoms with Crippen LogP contribution in [0.15, 0.2) is 29.0 Å². The minimum atomic E-state index is -1.02. The van der Waals surface area contributed by atoms with E-state index in [1.807, 2.05) is 0 Å². The van der Waals surface area contributed by atoms with E-state index < -0.39 is 11.6 Å². The summed E-state index contributed by atoms with van der Waals surface area (Å²) in [4.78, 5) is 13.7. The number of fused-ring (bicyclic) bond motifs is 1. The molecule has 1 aliphatic rings. The van der Waals surface area contributed by atoms with Crippen LogP contribution >= 0.6 is 0 Å². The molecule has 1 aromatic carbocycles. The monoisotopic (exact) mass is 294 g/mol. The molecule has 7 heteroatoms. The first kappa shape index (κ1) is 13.5. The van der Waals surface area contributed by atoms with Crippen LogP contribution in [-0.2, 0) is 11.2 Å². The number of nitrogens with zero attached hydrogens (tertiary/aromatic N) is 2. The van der Waals surface area contributed by atoms with Crippen molar-refractivity contribution in [3.63, 3.8) is 0 Å². The number of halogens is 2. The van der Waals surface area contributed by atoms with Gasteiger partial charge in [-0.1, -0.05) is 5.16 Å². The Morgan fingerprint density at radius 1 is 1.43 bits per heavy atom. The van der Waals surface area contributed by atoms with Crippen molar-refractivity contribution >= 4 is 11.6 Å². The Balaban J connectivity index is 1.93. The summed E-state index contributed by atoms with van der Waals surface area (Å²) in [5.41, 5.74) is 0.698. The lowest BCUT2D eigenvalue weighted by Crippen LogP contribution is -2.43. The van der Waals surface area contributed by atoms with Crippen LogP contribution in [0, 0.1) is 11.6 Å². The maximum atomic E-state index is 13.4. The highest BCUT2D eigenvalue weighted by Crippen LogP contribution is 2.35. The van der Waals surface area contributed by atoms with Gasteiger partial charge in [0.15, 0.2) is 11.6 Å². The van der Waals surface area contributed by atoms with Crippen molar-refractivity contribution in [2.24, 2.45) is 0 Å². The maximum absolute atomic E-state index is 13.4. The summed E-state index contributed by atoms with van der Waals surface area (Å²) in [6.07, 6.45) is 1.07. The number of aromatic nitrogens is 1. The zero-order chi connectivity index (χ0) is 15.0. The molecule has 1 atom stereocenters. The van der Waals surface area contributed by atoms with E-state index >= 15 is 0 Å². The van der Waals surface area contributed by atoms with Gasteiger partial charge in [0.1, 0.15) is 18.1 Å². The van der Waals surface area contributed by atoms with Gasteiger partial charge >= 0.3 is 0 Å². The molecule has 1 aromatic heterocycles. The first-order chi connectivity index (χ1) is 10.0. The van der Waals surface area contributed by atoms with Gasteiger partial charge < -0.3 is 14.2 Å². The molecular formula is C14H12F2N2O3. The van der Waals surface area contributed by atoms with Crippen LogP contribution < -0.4 is 9.64 Å². The highest BCUT2D eigenvalue weighted by Gasteiger charge is 2.29. The molecule has 5 nitrogen and oxygen atoms in total. The Morgan fingerprint density at radius 2 is 2.19 bits per heavy atom. The van der Waals surface area contributed by atoms with Crippen LogP contribution in [-0.4, -0.2) is 23.7 Å². The fourth-order valence-corrected chi connectivity index (χ4v) is 2.25. The molecule has 0 radical (unpaired) electrons. The van der Waals surface area contributed by atoms with Crippen molar-refractivity contribution in [1.29, 1.82) is 0 Å². The van der Waals surface area contributed by atoms with E-state index in [1.165, 1.54) is 11.2 Å². The summed E-state index contributed by atoms with van der Waals surface area (Å²) in [7, 11) is 0. The lowest BCUT2D eigenvalue weighted by Gasteiger charge is -2.33. The number of ether oxygens (including phenoxy) is 1. The third-order valence-electron chi connectivity index (χ3n) is 3.19. The quantitative estimate of drug-likeness (QED) is 0.853. The number of benzene rings is 1. The summed E-state index contributed by atoms with van der Waals surface area (Å²) < 4.78 is 36.8. The van der Waals surface area contributed by atoms with Crippen molar-refractivity contribution in [1.82, 2.24) is 5.16 Å². The molecule has 3 rings (SSSR count). The van der Waals surface area contributed by atoms with Crippen LogP contribution in [0.1, 0.15) is 12.6 Å². The average Bonchev–Trinajstić information content (AvgIpc) is 2.92. The summed E-state index contributed by atoms with van der Waals surface area (Å²) >= 11 is 0. The fourth-order valence-electron chi connectivity index (χ4n) is 2.25. The van der Waals surface area contributed by atoms with Crippen molar-refractivity contribution < 1.29 is 22.8 Å². The lowest BCUT2D eigenvalue weighted by molar-refractivity contribution is -0.118.